The van der Waals surface area contributed by atoms with E-state index >= 15 is 0 Å². The van der Waals surface area contributed by atoms with Gasteiger partial charge in [-0.2, -0.15) is 0 Å². The summed E-state index contributed by atoms with van der Waals surface area (Å²) in [6.07, 6.45) is 1.59. The highest BCUT2D eigenvalue weighted by atomic mass is 16.6. The predicted molar refractivity (Wildman–Crippen MR) is 73.0 cm³/mol. The second kappa shape index (κ2) is 5.29. The van der Waals surface area contributed by atoms with Gasteiger partial charge in [-0.3, -0.25) is 14.9 Å². The first-order valence-electron chi connectivity index (χ1n) is 6.32. The van der Waals surface area contributed by atoms with Gasteiger partial charge in [0.25, 0.3) is 11.6 Å². The summed E-state index contributed by atoms with van der Waals surface area (Å²) in [5.74, 6) is -0.401. The molecule has 2 aromatic rings. The van der Waals surface area contributed by atoms with Gasteiger partial charge in [0.05, 0.1) is 17.2 Å². The van der Waals surface area contributed by atoms with Crippen molar-refractivity contribution in [2.75, 3.05) is 18.4 Å². The van der Waals surface area contributed by atoms with Crippen LogP contribution in [0.5, 0.6) is 0 Å². The van der Waals surface area contributed by atoms with Crippen LogP contribution in [0.2, 0.25) is 0 Å². The predicted octanol–water partition coefficient (Wildman–Crippen LogP) is 0.583. The van der Waals surface area contributed by atoms with Gasteiger partial charge in [-0.15, -0.1) is 5.10 Å². The number of carbonyl (C=O) groups excluding carboxylic acids is 1. The maximum Gasteiger partial charge on any atom is 0.277 e. The molecule has 0 bridgehead atoms. The standard InChI is InChI=1S/C12H12N6O3/c19-12(11-7-17(16-15-11)10-5-13-6-10)14-8-1-3-9(4-2-8)18(20)21/h1-4,7,10,13H,5-6H2,(H,14,19). The van der Waals surface area contributed by atoms with E-state index in [4.69, 9.17) is 0 Å². The molecule has 1 amide bonds. The van der Waals surface area contributed by atoms with Crippen LogP contribution in [0, 0.1) is 10.1 Å². The summed E-state index contributed by atoms with van der Waals surface area (Å²) in [5, 5.41) is 24.0. The van der Waals surface area contributed by atoms with Crippen LogP contribution >= 0.6 is 0 Å². The molecule has 0 atom stereocenters. The summed E-state index contributed by atoms with van der Waals surface area (Å²) in [5.41, 5.74) is 0.641. The highest BCUT2D eigenvalue weighted by molar-refractivity contribution is 6.02. The average molecular weight is 288 g/mol. The Hall–Kier alpha value is -2.81. The average Bonchev–Trinajstić information content (AvgIpc) is 2.86. The van der Waals surface area contributed by atoms with Crippen molar-refractivity contribution in [2.24, 2.45) is 0 Å². The summed E-state index contributed by atoms with van der Waals surface area (Å²) in [6.45, 7) is 1.62. The summed E-state index contributed by atoms with van der Waals surface area (Å²) in [7, 11) is 0. The number of nitro benzene ring substituents is 1. The van der Waals surface area contributed by atoms with Gasteiger partial charge in [0, 0.05) is 30.9 Å². The normalized spacial score (nSPS) is 14.5. The third-order valence-corrected chi connectivity index (χ3v) is 3.21. The number of nitrogens with zero attached hydrogens (tertiary/aromatic N) is 4. The molecule has 0 spiro atoms. The second-order valence-corrected chi connectivity index (χ2v) is 4.65. The lowest BCUT2D eigenvalue weighted by molar-refractivity contribution is -0.384. The number of nitro groups is 1. The van der Waals surface area contributed by atoms with Crippen LogP contribution in [-0.2, 0) is 0 Å². The van der Waals surface area contributed by atoms with E-state index in [1.807, 2.05) is 0 Å². The van der Waals surface area contributed by atoms with Crippen molar-refractivity contribution in [2.45, 2.75) is 6.04 Å². The molecule has 3 rings (SSSR count). The fourth-order valence-corrected chi connectivity index (χ4v) is 1.88. The van der Waals surface area contributed by atoms with Gasteiger partial charge in [-0.25, -0.2) is 4.68 Å². The molecule has 9 nitrogen and oxygen atoms in total. The number of benzene rings is 1. The Morgan fingerprint density at radius 2 is 2.10 bits per heavy atom. The van der Waals surface area contributed by atoms with Gasteiger partial charge in [-0.05, 0) is 12.1 Å². The number of aromatic nitrogens is 3. The maximum absolute atomic E-state index is 12.0. The monoisotopic (exact) mass is 288 g/mol. The topological polar surface area (TPSA) is 115 Å². The summed E-state index contributed by atoms with van der Waals surface area (Å²) >= 11 is 0. The molecular formula is C12H12N6O3. The zero-order valence-corrected chi connectivity index (χ0v) is 10.9. The summed E-state index contributed by atoms with van der Waals surface area (Å²) < 4.78 is 1.65. The van der Waals surface area contributed by atoms with Gasteiger partial charge in [0.15, 0.2) is 5.69 Å². The van der Waals surface area contributed by atoms with Crippen LogP contribution in [0.15, 0.2) is 30.5 Å². The van der Waals surface area contributed by atoms with Crippen LogP contribution in [0.3, 0.4) is 0 Å². The van der Waals surface area contributed by atoms with Crippen molar-refractivity contribution in [3.05, 3.63) is 46.3 Å². The molecule has 0 saturated carbocycles. The van der Waals surface area contributed by atoms with E-state index in [1.54, 1.807) is 10.9 Å². The summed E-state index contributed by atoms with van der Waals surface area (Å²) in [6, 6.07) is 5.82. The molecule has 1 aliphatic rings. The first kappa shape index (κ1) is 13.2. The fraction of sp³-hybridized carbons (Fsp3) is 0.250. The molecule has 0 aliphatic carbocycles. The van der Waals surface area contributed by atoms with Gasteiger partial charge < -0.3 is 10.6 Å². The van der Waals surface area contributed by atoms with Gasteiger partial charge in [-0.1, -0.05) is 5.21 Å². The number of hydrogen-bond acceptors (Lipinski definition) is 6. The van der Waals surface area contributed by atoms with Crippen LogP contribution < -0.4 is 10.6 Å². The molecule has 1 aromatic heterocycles. The number of rotatable bonds is 4. The van der Waals surface area contributed by atoms with E-state index in [-0.39, 0.29) is 17.4 Å². The van der Waals surface area contributed by atoms with Crippen molar-refractivity contribution in [1.82, 2.24) is 20.3 Å². The molecule has 2 N–H and O–H groups in total. The van der Waals surface area contributed by atoms with Crippen molar-refractivity contribution >= 4 is 17.3 Å². The molecule has 1 fully saturated rings. The van der Waals surface area contributed by atoms with E-state index in [1.165, 1.54) is 24.3 Å². The third-order valence-electron chi connectivity index (χ3n) is 3.21. The fourth-order valence-electron chi connectivity index (χ4n) is 1.88. The van der Waals surface area contributed by atoms with E-state index in [9.17, 15) is 14.9 Å². The van der Waals surface area contributed by atoms with Crippen molar-refractivity contribution in [1.29, 1.82) is 0 Å². The Morgan fingerprint density at radius 1 is 1.38 bits per heavy atom. The van der Waals surface area contributed by atoms with Crippen LogP contribution in [0.1, 0.15) is 16.5 Å². The van der Waals surface area contributed by atoms with Crippen molar-refractivity contribution in [3.63, 3.8) is 0 Å². The first-order chi connectivity index (χ1) is 10.1. The van der Waals surface area contributed by atoms with Crippen LogP contribution in [0.25, 0.3) is 0 Å². The molecule has 108 valence electrons. The minimum absolute atomic E-state index is 0.0311. The lowest BCUT2D eigenvalue weighted by atomic mass is 10.2. The summed E-state index contributed by atoms with van der Waals surface area (Å²) in [4.78, 5) is 22.1. The van der Waals surface area contributed by atoms with Crippen LogP contribution in [-0.4, -0.2) is 38.9 Å². The Labute approximate surface area is 119 Å². The number of hydrogen-bond donors (Lipinski definition) is 2. The molecule has 1 saturated heterocycles. The molecular weight excluding hydrogens is 276 g/mol. The van der Waals surface area contributed by atoms with Gasteiger partial charge in [0.2, 0.25) is 0 Å². The van der Waals surface area contributed by atoms with Crippen LogP contribution in [0.4, 0.5) is 11.4 Å². The van der Waals surface area contributed by atoms with E-state index in [0.29, 0.717) is 5.69 Å². The number of carbonyl (C=O) groups is 1. The zero-order chi connectivity index (χ0) is 14.8. The Kier molecular flexibility index (Phi) is 3.32. The SMILES string of the molecule is O=C(Nc1ccc([N+](=O)[O-])cc1)c1cn(C2CNC2)nn1. The second-order valence-electron chi connectivity index (χ2n) is 4.65. The molecule has 21 heavy (non-hydrogen) atoms. The molecule has 0 radical (unpaired) electrons. The quantitative estimate of drug-likeness (QED) is 0.628. The lowest BCUT2D eigenvalue weighted by Crippen LogP contribution is -2.43. The first-order valence-corrected chi connectivity index (χ1v) is 6.32. The van der Waals surface area contributed by atoms with Gasteiger partial charge >= 0.3 is 0 Å². The highest BCUT2D eigenvalue weighted by Gasteiger charge is 2.21. The number of anilines is 1. The van der Waals surface area contributed by atoms with E-state index < -0.39 is 10.8 Å². The minimum atomic E-state index is -0.496. The van der Waals surface area contributed by atoms with E-state index in [2.05, 4.69) is 20.9 Å². The number of nitrogens with one attached hydrogen (secondary N) is 2. The minimum Gasteiger partial charge on any atom is -0.321 e. The smallest absolute Gasteiger partial charge is 0.277 e. The Balaban J connectivity index is 1.67. The number of non-ortho nitro benzene ring substituents is 1. The Morgan fingerprint density at radius 3 is 2.67 bits per heavy atom. The molecule has 1 aromatic carbocycles. The van der Waals surface area contributed by atoms with Gasteiger partial charge in [0.1, 0.15) is 0 Å². The lowest BCUT2D eigenvalue weighted by Gasteiger charge is -2.26. The Bertz CT molecular complexity index is 677. The molecule has 9 heteroatoms. The highest BCUT2D eigenvalue weighted by Crippen LogP contribution is 2.16. The zero-order valence-electron chi connectivity index (χ0n) is 10.9. The largest absolute Gasteiger partial charge is 0.321 e. The van der Waals surface area contributed by atoms with Crippen molar-refractivity contribution in [3.8, 4) is 0 Å². The van der Waals surface area contributed by atoms with Crippen molar-refractivity contribution < 1.29 is 9.72 Å². The molecule has 1 aliphatic heterocycles. The molecule has 0 unspecified atom stereocenters. The maximum atomic E-state index is 12.0. The molecule has 2 heterocycles. The number of amides is 1. The third kappa shape index (κ3) is 2.72. The van der Waals surface area contributed by atoms with E-state index in [0.717, 1.165) is 13.1 Å².